The van der Waals surface area contributed by atoms with Crippen molar-refractivity contribution in [1.82, 2.24) is 0 Å². The fraction of sp³-hybridized carbons (Fsp3) is 0.174. The Labute approximate surface area is 184 Å². The standard InChI is InChI=1S/C23H18Cl3NO2/c24-13-21-23(28)27(14-15-6-2-1-3-7-15)20-11-10-16(25)12-18(20)22(29-21)17-8-4-5-9-19(17)26/h1-12,21-22H,13-14H2/t21-,22-/m0/s1. The smallest absolute Gasteiger partial charge is 0.257 e. The van der Waals surface area contributed by atoms with Crippen molar-refractivity contribution in [3.05, 3.63) is 99.5 Å². The maximum Gasteiger partial charge on any atom is 0.257 e. The topological polar surface area (TPSA) is 29.5 Å². The van der Waals surface area contributed by atoms with Gasteiger partial charge >= 0.3 is 0 Å². The highest BCUT2D eigenvalue weighted by Crippen LogP contribution is 2.42. The van der Waals surface area contributed by atoms with Crippen molar-refractivity contribution < 1.29 is 9.53 Å². The Hall–Kier alpha value is -2.04. The Morgan fingerprint density at radius 1 is 0.897 bits per heavy atom. The van der Waals surface area contributed by atoms with Gasteiger partial charge in [0.15, 0.2) is 6.10 Å². The molecule has 1 heterocycles. The molecule has 2 atom stereocenters. The van der Waals surface area contributed by atoms with E-state index in [1.165, 1.54) is 0 Å². The van der Waals surface area contributed by atoms with Crippen LogP contribution in [-0.2, 0) is 16.1 Å². The van der Waals surface area contributed by atoms with Crippen LogP contribution in [0.5, 0.6) is 0 Å². The summed E-state index contributed by atoms with van der Waals surface area (Å²) in [5, 5.41) is 1.11. The second-order valence-electron chi connectivity index (χ2n) is 6.79. The number of hydrogen-bond acceptors (Lipinski definition) is 2. The summed E-state index contributed by atoms with van der Waals surface area (Å²) in [5.74, 6) is -0.158. The van der Waals surface area contributed by atoms with Crippen molar-refractivity contribution in [3.63, 3.8) is 0 Å². The Morgan fingerprint density at radius 2 is 1.62 bits per heavy atom. The first-order valence-electron chi connectivity index (χ1n) is 9.19. The van der Waals surface area contributed by atoms with E-state index in [0.29, 0.717) is 16.6 Å². The van der Waals surface area contributed by atoms with Gasteiger partial charge in [-0.05, 0) is 29.8 Å². The van der Waals surface area contributed by atoms with Crippen LogP contribution in [0.3, 0.4) is 0 Å². The van der Waals surface area contributed by atoms with Gasteiger partial charge in [0.1, 0.15) is 6.10 Å². The maximum absolute atomic E-state index is 13.3. The van der Waals surface area contributed by atoms with Gasteiger partial charge in [-0.3, -0.25) is 4.79 Å². The SMILES string of the molecule is O=C1[C@H](CCl)O[C@@H](c2ccccc2Cl)c2cc(Cl)ccc2N1Cc1ccccc1. The summed E-state index contributed by atoms with van der Waals surface area (Å²) in [6.45, 7) is 0.403. The molecule has 0 aromatic heterocycles. The number of amides is 1. The van der Waals surface area contributed by atoms with E-state index in [1.807, 2.05) is 60.7 Å². The Bertz CT molecular complexity index is 1030. The monoisotopic (exact) mass is 445 g/mol. The molecule has 4 rings (SSSR count). The number of halogens is 3. The van der Waals surface area contributed by atoms with Crippen LogP contribution in [0, 0.1) is 0 Å². The lowest BCUT2D eigenvalue weighted by molar-refractivity contribution is -0.130. The zero-order chi connectivity index (χ0) is 20.4. The summed E-state index contributed by atoms with van der Waals surface area (Å²) in [6.07, 6.45) is -1.38. The van der Waals surface area contributed by atoms with Crippen LogP contribution in [0.2, 0.25) is 10.0 Å². The molecule has 0 saturated heterocycles. The lowest BCUT2D eigenvalue weighted by Gasteiger charge is -2.24. The average Bonchev–Trinajstić information content (AvgIpc) is 2.84. The molecule has 3 aromatic carbocycles. The molecule has 1 aliphatic heterocycles. The molecule has 3 nitrogen and oxygen atoms in total. The molecule has 148 valence electrons. The molecule has 29 heavy (non-hydrogen) atoms. The van der Waals surface area contributed by atoms with E-state index in [1.54, 1.807) is 17.0 Å². The van der Waals surface area contributed by atoms with Gasteiger partial charge in [-0.25, -0.2) is 0 Å². The van der Waals surface area contributed by atoms with Gasteiger partial charge in [-0.1, -0.05) is 71.7 Å². The lowest BCUT2D eigenvalue weighted by atomic mass is 9.99. The van der Waals surface area contributed by atoms with Gasteiger partial charge in [-0.2, -0.15) is 0 Å². The molecule has 0 bridgehead atoms. The normalized spacial score (nSPS) is 19.0. The number of carbonyl (C=O) groups excluding carboxylic acids is 1. The Kier molecular flexibility index (Phi) is 6.12. The minimum atomic E-state index is -0.812. The van der Waals surface area contributed by atoms with Crippen LogP contribution in [-0.4, -0.2) is 17.9 Å². The van der Waals surface area contributed by atoms with Crippen molar-refractivity contribution >= 4 is 46.4 Å². The largest absolute Gasteiger partial charge is 0.354 e. The number of alkyl halides is 1. The van der Waals surface area contributed by atoms with E-state index in [0.717, 1.165) is 22.4 Å². The van der Waals surface area contributed by atoms with E-state index in [-0.39, 0.29) is 11.8 Å². The third-order valence-corrected chi connectivity index (χ3v) is 5.78. The van der Waals surface area contributed by atoms with E-state index in [2.05, 4.69) is 0 Å². The predicted octanol–water partition coefficient (Wildman–Crippen LogP) is 6.25. The molecule has 3 aromatic rings. The second kappa shape index (κ2) is 8.76. The Balaban J connectivity index is 1.87. The van der Waals surface area contributed by atoms with Crippen LogP contribution >= 0.6 is 34.8 Å². The van der Waals surface area contributed by atoms with Crippen molar-refractivity contribution in [3.8, 4) is 0 Å². The average molecular weight is 447 g/mol. The van der Waals surface area contributed by atoms with Crippen molar-refractivity contribution in [2.24, 2.45) is 0 Å². The number of anilines is 1. The molecule has 0 spiro atoms. The minimum absolute atomic E-state index is 0.0345. The van der Waals surface area contributed by atoms with Crippen LogP contribution in [0.4, 0.5) is 5.69 Å². The van der Waals surface area contributed by atoms with E-state index >= 15 is 0 Å². The quantitative estimate of drug-likeness (QED) is 0.443. The summed E-state index contributed by atoms with van der Waals surface area (Å²) in [6, 6.07) is 22.7. The molecular formula is C23H18Cl3NO2. The van der Waals surface area contributed by atoms with Gasteiger partial charge < -0.3 is 9.64 Å². The molecule has 1 amide bonds. The fourth-order valence-corrected chi connectivity index (χ4v) is 4.15. The molecule has 0 unspecified atom stereocenters. The number of nitrogens with zero attached hydrogens (tertiary/aromatic N) is 1. The minimum Gasteiger partial charge on any atom is -0.354 e. The molecular weight excluding hydrogens is 429 g/mol. The van der Waals surface area contributed by atoms with Crippen molar-refractivity contribution in [1.29, 1.82) is 0 Å². The molecule has 0 radical (unpaired) electrons. The fourth-order valence-electron chi connectivity index (χ4n) is 3.53. The van der Waals surface area contributed by atoms with Crippen LogP contribution < -0.4 is 4.90 Å². The van der Waals surface area contributed by atoms with Gasteiger partial charge in [-0.15, -0.1) is 11.6 Å². The van der Waals surface area contributed by atoms with E-state index in [9.17, 15) is 4.79 Å². The zero-order valence-electron chi connectivity index (χ0n) is 15.4. The zero-order valence-corrected chi connectivity index (χ0v) is 17.7. The highest BCUT2D eigenvalue weighted by molar-refractivity contribution is 6.31. The van der Waals surface area contributed by atoms with Gasteiger partial charge in [0.05, 0.1) is 18.1 Å². The summed E-state index contributed by atoms with van der Waals surface area (Å²) in [5.41, 5.74) is 3.29. The van der Waals surface area contributed by atoms with Crippen molar-refractivity contribution in [2.45, 2.75) is 18.8 Å². The summed E-state index contributed by atoms with van der Waals surface area (Å²) in [7, 11) is 0. The maximum atomic E-state index is 13.3. The van der Waals surface area contributed by atoms with Crippen LogP contribution in [0.25, 0.3) is 0 Å². The number of carbonyl (C=O) groups is 1. The molecule has 6 heteroatoms. The number of ether oxygens (including phenoxy) is 1. The summed E-state index contributed by atoms with van der Waals surface area (Å²) < 4.78 is 6.22. The van der Waals surface area contributed by atoms with Crippen LogP contribution in [0.1, 0.15) is 22.8 Å². The van der Waals surface area contributed by atoms with Crippen molar-refractivity contribution in [2.75, 3.05) is 10.8 Å². The number of benzene rings is 3. The Morgan fingerprint density at radius 3 is 2.34 bits per heavy atom. The second-order valence-corrected chi connectivity index (χ2v) is 7.95. The number of hydrogen-bond donors (Lipinski definition) is 0. The molecule has 0 saturated carbocycles. The highest BCUT2D eigenvalue weighted by atomic mass is 35.5. The predicted molar refractivity (Wildman–Crippen MR) is 118 cm³/mol. The first-order chi connectivity index (χ1) is 14.1. The third-order valence-electron chi connectivity index (χ3n) is 4.92. The lowest BCUT2D eigenvalue weighted by Crippen LogP contribution is -2.39. The van der Waals surface area contributed by atoms with Gasteiger partial charge in [0, 0.05) is 21.2 Å². The molecule has 1 aliphatic rings. The van der Waals surface area contributed by atoms with Gasteiger partial charge in [0.25, 0.3) is 5.91 Å². The first kappa shape index (κ1) is 20.2. The summed E-state index contributed by atoms with van der Waals surface area (Å²) >= 11 is 18.9. The molecule has 0 N–H and O–H groups in total. The highest BCUT2D eigenvalue weighted by Gasteiger charge is 2.36. The number of fused-ring (bicyclic) bond motifs is 1. The molecule has 0 fully saturated rings. The summed E-state index contributed by atoms with van der Waals surface area (Å²) in [4.78, 5) is 15.1. The molecule has 0 aliphatic carbocycles. The number of rotatable bonds is 4. The first-order valence-corrected chi connectivity index (χ1v) is 10.5. The van der Waals surface area contributed by atoms with E-state index in [4.69, 9.17) is 39.5 Å². The van der Waals surface area contributed by atoms with Crippen LogP contribution in [0.15, 0.2) is 72.8 Å². The third kappa shape index (κ3) is 4.15. The van der Waals surface area contributed by atoms with E-state index < -0.39 is 12.2 Å². The van der Waals surface area contributed by atoms with Gasteiger partial charge in [0.2, 0.25) is 0 Å².